The summed E-state index contributed by atoms with van der Waals surface area (Å²) in [4.78, 5) is 51.4. The van der Waals surface area contributed by atoms with E-state index in [1.54, 1.807) is 0 Å². The van der Waals surface area contributed by atoms with Crippen LogP contribution in [0.4, 0.5) is 0 Å². The van der Waals surface area contributed by atoms with Crippen LogP contribution in [0.2, 0.25) is 0 Å². The van der Waals surface area contributed by atoms with Gasteiger partial charge in [-0.05, 0) is 25.7 Å². The minimum atomic E-state index is -1.42. The summed E-state index contributed by atoms with van der Waals surface area (Å²) in [6.45, 7) is 8.24. The predicted octanol–water partition coefficient (Wildman–Crippen LogP) is 14.6. The van der Waals surface area contributed by atoms with Gasteiger partial charge in [0.15, 0.2) is 11.9 Å². The van der Waals surface area contributed by atoms with Gasteiger partial charge in [0.25, 0.3) is 0 Å². The number of rotatable bonds is 42. The molecule has 0 fully saturated rings. The highest BCUT2D eigenvalue weighted by molar-refractivity contribution is 5.89. The van der Waals surface area contributed by atoms with Crippen molar-refractivity contribution in [1.29, 1.82) is 0 Å². The molecule has 1 heterocycles. The van der Waals surface area contributed by atoms with Crippen LogP contribution in [0.3, 0.4) is 0 Å². The number of hydrogen-bond donors (Lipinski definition) is 8. The van der Waals surface area contributed by atoms with Crippen LogP contribution < -0.4 is 0 Å². The van der Waals surface area contributed by atoms with Crippen LogP contribution in [0.15, 0.2) is 11.5 Å². The first-order valence-electron chi connectivity index (χ1n) is 27.1. The van der Waals surface area contributed by atoms with E-state index in [0.29, 0.717) is 25.7 Å². The van der Waals surface area contributed by atoms with Crippen molar-refractivity contribution in [3.63, 3.8) is 0 Å². The molecule has 0 saturated heterocycles. The number of carbonyl (C=O) groups excluding carboxylic acids is 1. The van der Waals surface area contributed by atoms with E-state index in [1.165, 1.54) is 180 Å². The lowest BCUT2D eigenvalue weighted by Crippen LogP contribution is -2.31. The normalized spacial score (nSPS) is 13.1. The number of hydrogen-bond acceptors (Lipinski definition) is 10. The van der Waals surface area contributed by atoms with Gasteiger partial charge in [-0.15, -0.1) is 0 Å². The molecule has 0 radical (unpaired) electrons. The lowest BCUT2D eigenvalue weighted by Gasteiger charge is -2.13. The van der Waals surface area contributed by atoms with E-state index in [2.05, 4.69) is 32.4 Å². The van der Waals surface area contributed by atoms with Crippen LogP contribution in [0.1, 0.15) is 285 Å². The zero-order valence-corrected chi connectivity index (χ0v) is 43.7. The summed E-state index contributed by atoms with van der Waals surface area (Å²) < 4.78 is 4.32. The number of ether oxygens (including phenoxy) is 1. The molecule has 68 heavy (non-hydrogen) atoms. The van der Waals surface area contributed by atoms with Crippen molar-refractivity contribution in [3.8, 4) is 0 Å². The molecule has 0 saturated carbocycles. The molecular formula is C54H104O14. The van der Waals surface area contributed by atoms with Gasteiger partial charge in [0.1, 0.15) is 6.10 Å². The largest absolute Gasteiger partial charge is 0.505 e. The van der Waals surface area contributed by atoms with Gasteiger partial charge in [-0.3, -0.25) is 19.2 Å². The van der Waals surface area contributed by atoms with Crippen molar-refractivity contribution in [2.24, 2.45) is 0 Å². The zero-order chi connectivity index (χ0) is 51.9. The van der Waals surface area contributed by atoms with E-state index in [1.807, 2.05) is 0 Å². The highest BCUT2D eigenvalue weighted by atomic mass is 16.6. The van der Waals surface area contributed by atoms with Gasteiger partial charge in [-0.1, -0.05) is 233 Å². The Morgan fingerprint density at radius 3 is 0.735 bits per heavy atom. The third kappa shape index (κ3) is 60.6. The molecule has 14 nitrogen and oxygen atoms in total. The first-order valence-corrected chi connectivity index (χ1v) is 27.1. The maximum absolute atomic E-state index is 10.5. The second kappa shape index (κ2) is 57.9. The van der Waals surface area contributed by atoms with Crippen molar-refractivity contribution in [2.75, 3.05) is 6.61 Å². The van der Waals surface area contributed by atoms with Crippen LogP contribution in [0, 0.1) is 0 Å². The standard InChI is InChI=1S/4C12H24O2.C6H8O6/c4*1-2-3-4-5-6-7-8-9-10-11-12(13)14;7-1-2(8)5-3(9)4(10)6(11)12-5/h4*2-11H2,1H3,(H,13,14);2,5,7-10H,1H2/t;;;;2-,5+/m....0/s1. The van der Waals surface area contributed by atoms with E-state index >= 15 is 0 Å². The lowest BCUT2D eigenvalue weighted by molar-refractivity contribution is -0.148. The van der Waals surface area contributed by atoms with Crippen LogP contribution in [0.25, 0.3) is 0 Å². The molecule has 404 valence electrons. The highest BCUT2D eigenvalue weighted by Gasteiger charge is 2.38. The van der Waals surface area contributed by atoms with Gasteiger partial charge in [-0.25, -0.2) is 4.79 Å². The Morgan fingerprint density at radius 1 is 0.397 bits per heavy atom. The second-order valence-electron chi connectivity index (χ2n) is 18.2. The van der Waals surface area contributed by atoms with Gasteiger partial charge in [0, 0.05) is 25.7 Å². The Bertz CT molecular complexity index is 1050. The minimum Gasteiger partial charge on any atom is -0.505 e. The maximum Gasteiger partial charge on any atom is 0.377 e. The molecule has 0 bridgehead atoms. The minimum absolute atomic E-state index is 0.343. The van der Waals surface area contributed by atoms with E-state index in [-0.39, 0.29) is 0 Å². The van der Waals surface area contributed by atoms with E-state index in [0.717, 1.165) is 51.4 Å². The molecule has 0 aromatic heterocycles. The van der Waals surface area contributed by atoms with Crippen LogP contribution in [-0.4, -0.2) is 89.5 Å². The molecule has 2 atom stereocenters. The summed E-state index contributed by atoms with van der Waals surface area (Å²) in [6, 6.07) is 0. The number of carboxylic acid groups (broad SMARTS) is 4. The SMILES string of the molecule is CCCCCCCCCCCC(=O)O.CCCCCCCCCCCC(=O)O.CCCCCCCCCCCC(=O)O.CCCCCCCCCCCC(=O)O.O=C1O[C@H]([C@@H](O)CO)C(O)=C1O. The predicted molar refractivity (Wildman–Crippen MR) is 273 cm³/mol. The Morgan fingerprint density at radius 2 is 0.588 bits per heavy atom. The number of carbonyl (C=O) groups is 5. The van der Waals surface area contributed by atoms with Crippen LogP contribution in [-0.2, 0) is 28.7 Å². The first-order chi connectivity index (χ1) is 32.7. The summed E-state index contributed by atoms with van der Waals surface area (Å²) in [5.74, 6) is -5.42. The monoisotopic (exact) mass is 977 g/mol. The number of cyclic esters (lactones) is 1. The van der Waals surface area contributed by atoms with Crippen LogP contribution >= 0.6 is 0 Å². The van der Waals surface area contributed by atoms with E-state index in [9.17, 15) is 24.0 Å². The fraction of sp³-hybridized carbons (Fsp3) is 0.870. The Kier molecular flexibility index (Phi) is 60.6. The van der Waals surface area contributed by atoms with Crippen molar-refractivity contribution in [2.45, 2.75) is 297 Å². The highest BCUT2D eigenvalue weighted by Crippen LogP contribution is 2.21. The molecule has 1 aliphatic heterocycles. The number of carboxylic acids is 4. The summed E-state index contributed by atoms with van der Waals surface area (Å²) in [7, 11) is 0. The number of unbranched alkanes of at least 4 members (excludes halogenated alkanes) is 32. The quantitative estimate of drug-likeness (QED) is 0.0209. The summed E-state index contributed by atoms with van der Waals surface area (Å²) in [6.07, 6.45) is 43.1. The Hall–Kier alpha value is -3.39. The summed E-state index contributed by atoms with van der Waals surface area (Å²) >= 11 is 0. The fourth-order valence-electron chi connectivity index (χ4n) is 7.17. The van der Waals surface area contributed by atoms with Crippen molar-refractivity contribution in [3.05, 3.63) is 11.5 Å². The third-order valence-corrected chi connectivity index (χ3v) is 11.5. The van der Waals surface area contributed by atoms with Crippen molar-refractivity contribution in [1.82, 2.24) is 0 Å². The van der Waals surface area contributed by atoms with Crippen molar-refractivity contribution < 1.29 is 69.6 Å². The molecule has 0 unspecified atom stereocenters. The fourth-order valence-corrected chi connectivity index (χ4v) is 7.17. The molecule has 0 aromatic rings. The maximum atomic E-state index is 10.5. The average Bonchev–Trinajstić information content (AvgIpc) is 3.56. The molecule has 0 aromatic carbocycles. The summed E-state index contributed by atoms with van der Waals surface area (Å²) in [5, 5.41) is 68.7. The topological polar surface area (TPSA) is 256 Å². The molecule has 0 amide bonds. The van der Waals surface area contributed by atoms with Gasteiger partial charge >= 0.3 is 29.8 Å². The van der Waals surface area contributed by atoms with E-state index in [4.69, 9.17) is 40.9 Å². The molecule has 0 spiro atoms. The third-order valence-electron chi connectivity index (χ3n) is 11.5. The first kappa shape index (κ1) is 71.2. The number of aliphatic carboxylic acids is 4. The number of esters is 1. The van der Waals surface area contributed by atoms with E-state index < -0.39 is 60.2 Å². The molecule has 0 aliphatic carbocycles. The second-order valence-corrected chi connectivity index (χ2v) is 18.2. The van der Waals surface area contributed by atoms with Gasteiger partial charge in [0.2, 0.25) is 5.76 Å². The molecule has 8 N–H and O–H groups in total. The smallest absolute Gasteiger partial charge is 0.377 e. The average molecular weight is 977 g/mol. The molecule has 14 heteroatoms. The molecule has 1 aliphatic rings. The van der Waals surface area contributed by atoms with Gasteiger partial charge in [-0.2, -0.15) is 0 Å². The molecular weight excluding hydrogens is 873 g/mol. The zero-order valence-electron chi connectivity index (χ0n) is 43.7. The Balaban J connectivity index is -0.000000377. The number of aliphatic hydroxyl groups is 4. The van der Waals surface area contributed by atoms with Gasteiger partial charge < -0.3 is 45.6 Å². The van der Waals surface area contributed by atoms with Gasteiger partial charge in [0.05, 0.1) is 6.61 Å². The lowest BCUT2D eigenvalue weighted by atomic mass is 10.1. The summed E-state index contributed by atoms with van der Waals surface area (Å²) in [5.41, 5.74) is 0. The molecule has 1 rings (SSSR count). The van der Waals surface area contributed by atoms with Crippen LogP contribution in [0.5, 0.6) is 0 Å². The van der Waals surface area contributed by atoms with Crippen molar-refractivity contribution >= 4 is 29.8 Å². The number of aliphatic hydroxyl groups excluding tert-OH is 4. The Labute approximate surface area is 413 Å².